The van der Waals surface area contributed by atoms with E-state index >= 15 is 0 Å². The Labute approximate surface area is 171 Å². The van der Waals surface area contributed by atoms with Crippen molar-refractivity contribution in [1.82, 2.24) is 0 Å². The molecule has 0 bridgehead atoms. The molecule has 2 aliphatic rings. The fourth-order valence-corrected chi connectivity index (χ4v) is 2.81. The van der Waals surface area contributed by atoms with Gasteiger partial charge in [0.1, 0.15) is 0 Å². The summed E-state index contributed by atoms with van der Waals surface area (Å²) in [4.78, 5) is 0. The molecule has 0 amide bonds. The van der Waals surface area contributed by atoms with Crippen molar-refractivity contribution < 1.29 is 31.9 Å². The zero-order valence-corrected chi connectivity index (χ0v) is 19.9. The Kier molecular flexibility index (Phi) is 14.2. The van der Waals surface area contributed by atoms with Gasteiger partial charge in [0.15, 0.2) is 0 Å². The zero-order valence-electron chi connectivity index (χ0n) is 18.3. The summed E-state index contributed by atoms with van der Waals surface area (Å²) in [6.07, 6.45) is 6.87. The molecule has 0 heterocycles. The van der Waals surface area contributed by atoms with E-state index in [0.29, 0.717) is 0 Å². The summed E-state index contributed by atoms with van der Waals surface area (Å²) in [5, 5.41) is 16.5. The fourth-order valence-electron chi connectivity index (χ4n) is 2.81. The maximum Gasteiger partial charge on any atom is 4.00 e. The van der Waals surface area contributed by atoms with Gasteiger partial charge in [0.05, 0.1) is 0 Å². The van der Waals surface area contributed by atoms with E-state index in [1.807, 2.05) is 0 Å². The van der Waals surface area contributed by atoms with Gasteiger partial charge < -0.3 is 10.2 Å². The summed E-state index contributed by atoms with van der Waals surface area (Å²) in [7, 11) is 1.50. The first-order valence-electron chi connectivity index (χ1n) is 8.32. The summed E-state index contributed by atoms with van der Waals surface area (Å²) in [6, 6.07) is 0. The first kappa shape index (κ1) is 29.4. The molecule has 25 heavy (non-hydrogen) atoms. The summed E-state index contributed by atoms with van der Waals surface area (Å²) >= 11 is 0. The third-order valence-corrected chi connectivity index (χ3v) is 5.12. The monoisotopic (exact) mass is 380 g/mol. The number of rotatable bonds is 0. The van der Waals surface area contributed by atoms with Gasteiger partial charge in [-0.1, -0.05) is 66.2 Å². The molecular formula is C22H36O2Ti. The summed E-state index contributed by atoms with van der Waals surface area (Å²) in [6.45, 7) is 21.8. The molecular weight excluding hydrogens is 344 g/mol. The average molecular weight is 380 g/mol. The molecule has 2 aliphatic carbocycles. The molecule has 3 heteroatoms. The largest absolute Gasteiger partial charge is 4.00 e. The van der Waals surface area contributed by atoms with Crippen LogP contribution < -0.4 is 10.2 Å². The van der Waals surface area contributed by atoms with E-state index in [1.54, 1.807) is 0 Å². The van der Waals surface area contributed by atoms with Gasteiger partial charge >= 0.3 is 21.7 Å². The third kappa shape index (κ3) is 7.78. The van der Waals surface area contributed by atoms with Gasteiger partial charge in [-0.05, 0) is 0 Å². The third-order valence-electron chi connectivity index (χ3n) is 5.12. The van der Waals surface area contributed by atoms with Crippen LogP contribution in [0.15, 0.2) is 33.4 Å². The topological polar surface area (TPSA) is 46.1 Å². The minimum atomic E-state index is 0. The average Bonchev–Trinajstić information content (AvgIpc) is 2.82. The van der Waals surface area contributed by atoms with Crippen LogP contribution in [0.4, 0.5) is 0 Å². The predicted molar refractivity (Wildman–Crippen MR) is 101 cm³/mol. The van der Waals surface area contributed by atoms with Crippen LogP contribution in [-0.4, -0.2) is 14.2 Å². The van der Waals surface area contributed by atoms with E-state index in [2.05, 4.69) is 81.4 Å². The second kappa shape index (κ2) is 12.1. The van der Waals surface area contributed by atoms with Crippen LogP contribution in [0.3, 0.4) is 0 Å². The summed E-state index contributed by atoms with van der Waals surface area (Å²) in [5.74, 6) is 0. The Morgan fingerprint density at radius 2 is 0.760 bits per heavy atom. The Balaban J connectivity index is -0.000000312. The number of hydrogen-bond acceptors (Lipinski definition) is 2. The van der Waals surface area contributed by atoms with Crippen molar-refractivity contribution >= 4 is 0 Å². The molecule has 0 aliphatic heterocycles. The van der Waals surface area contributed by atoms with E-state index in [0.717, 1.165) is 14.2 Å². The number of allylic oxidation sites excluding steroid dienone is 8. The van der Waals surface area contributed by atoms with E-state index in [4.69, 9.17) is 10.2 Å². The number of hydrogen-bond donors (Lipinski definition) is 0. The molecule has 0 aromatic rings. The SMILES string of the molecule is CC1=[C-]C(C)(C)C(C)=C1C.CC1=[C-]C(C)(C)C(C)=C1C.C[O-].C[O-].[Ti+4]. The minimum absolute atomic E-state index is 0. The van der Waals surface area contributed by atoms with Crippen molar-refractivity contribution in [1.29, 1.82) is 0 Å². The molecule has 140 valence electrons. The Morgan fingerprint density at radius 3 is 0.800 bits per heavy atom. The first-order valence-corrected chi connectivity index (χ1v) is 8.32. The zero-order chi connectivity index (χ0) is 19.9. The van der Waals surface area contributed by atoms with Crippen molar-refractivity contribution in [3.63, 3.8) is 0 Å². The fraction of sp³-hybridized carbons (Fsp3) is 0.636. The molecule has 0 saturated carbocycles. The summed E-state index contributed by atoms with van der Waals surface area (Å²) < 4.78 is 0. The molecule has 0 unspecified atom stereocenters. The van der Waals surface area contributed by atoms with Gasteiger partial charge in [-0.25, -0.2) is 11.1 Å². The molecule has 0 saturated heterocycles. The van der Waals surface area contributed by atoms with Gasteiger partial charge in [0, 0.05) is 0 Å². The first-order chi connectivity index (χ1) is 10.9. The second-order valence-corrected chi connectivity index (χ2v) is 7.25. The molecule has 2 rings (SSSR count). The van der Waals surface area contributed by atoms with E-state index in [9.17, 15) is 0 Å². The van der Waals surface area contributed by atoms with Gasteiger partial charge in [-0.15, -0.1) is 13.8 Å². The van der Waals surface area contributed by atoms with Crippen LogP contribution in [0.25, 0.3) is 0 Å². The normalized spacial score (nSPS) is 19.3. The van der Waals surface area contributed by atoms with Gasteiger partial charge in [0.25, 0.3) is 0 Å². The maximum atomic E-state index is 8.25. The van der Waals surface area contributed by atoms with Crippen LogP contribution in [0, 0.1) is 23.0 Å². The standard InChI is InChI=1S/2C10H15.2CH3O.Ti/c2*1-7-6-10(4,5)9(3)8(7)2;2*1-2;/h2*1-5H3;2*1H3;/q4*-1;+4. The van der Waals surface area contributed by atoms with E-state index in [1.165, 1.54) is 33.4 Å². The molecule has 0 spiro atoms. The van der Waals surface area contributed by atoms with E-state index in [-0.39, 0.29) is 32.5 Å². The second-order valence-electron chi connectivity index (χ2n) is 7.25. The van der Waals surface area contributed by atoms with Crippen LogP contribution in [-0.2, 0) is 21.7 Å². The molecule has 0 atom stereocenters. The summed E-state index contributed by atoms with van der Waals surface area (Å²) in [5.41, 5.74) is 8.79. The maximum absolute atomic E-state index is 8.25. The molecule has 0 N–H and O–H groups in total. The van der Waals surface area contributed by atoms with Crippen molar-refractivity contribution in [2.24, 2.45) is 10.8 Å². The molecule has 0 fully saturated rings. The molecule has 2 nitrogen and oxygen atoms in total. The van der Waals surface area contributed by atoms with Crippen LogP contribution >= 0.6 is 0 Å². The smallest absolute Gasteiger partial charge is 0.857 e. The van der Waals surface area contributed by atoms with Crippen molar-refractivity contribution in [2.75, 3.05) is 14.2 Å². The van der Waals surface area contributed by atoms with Gasteiger partial charge in [-0.2, -0.15) is 36.5 Å². The molecule has 0 radical (unpaired) electrons. The van der Waals surface area contributed by atoms with Crippen LogP contribution in [0.1, 0.15) is 69.2 Å². The minimum Gasteiger partial charge on any atom is -0.857 e. The Bertz CT molecular complexity index is 494. The van der Waals surface area contributed by atoms with Crippen LogP contribution in [0.5, 0.6) is 0 Å². The Morgan fingerprint density at radius 1 is 0.560 bits per heavy atom. The van der Waals surface area contributed by atoms with Crippen molar-refractivity contribution in [3.8, 4) is 0 Å². The van der Waals surface area contributed by atoms with Gasteiger partial charge in [-0.3, -0.25) is 12.2 Å². The predicted octanol–water partition coefficient (Wildman–Crippen LogP) is 4.17. The molecule has 0 aromatic carbocycles. The molecule has 0 aromatic heterocycles. The van der Waals surface area contributed by atoms with Crippen LogP contribution in [0.2, 0.25) is 0 Å². The van der Waals surface area contributed by atoms with Crippen molar-refractivity contribution in [2.45, 2.75) is 69.2 Å². The quantitative estimate of drug-likeness (QED) is 0.468. The Hall–Kier alpha value is -0.406. The van der Waals surface area contributed by atoms with Crippen molar-refractivity contribution in [3.05, 3.63) is 45.6 Å². The van der Waals surface area contributed by atoms with E-state index < -0.39 is 0 Å². The van der Waals surface area contributed by atoms with Gasteiger partial charge in [0.2, 0.25) is 0 Å².